The van der Waals surface area contributed by atoms with Gasteiger partial charge < -0.3 is 10.1 Å². The van der Waals surface area contributed by atoms with E-state index in [2.05, 4.69) is 17.1 Å². The smallest absolute Gasteiger partial charge is 0.0477 e. The van der Waals surface area contributed by atoms with Crippen LogP contribution in [0.2, 0.25) is 0 Å². The Kier molecular flexibility index (Phi) is 4.92. The molecule has 1 aliphatic heterocycles. The van der Waals surface area contributed by atoms with E-state index in [1.54, 1.807) is 0 Å². The fraction of sp³-hybridized carbons (Fsp3) is 1.00. The van der Waals surface area contributed by atoms with Crippen LogP contribution in [0.4, 0.5) is 0 Å². The van der Waals surface area contributed by atoms with E-state index >= 15 is 0 Å². The first-order valence-corrected chi connectivity index (χ1v) is 9.21. The predicted octanol–water partition coefficient (Wildman–Crippen LogP) is 3.33. The molecule has 2 spiro atoms. The van der Waals surface area contributed by atoms with E-state index in [-0.39, 0.29) is 0 Å². The summed E-state index contributed by atoms with van der Waals surface area (Å²) in [5.74, 6) is 0. The summed E-state index contributed by atoms with van der Waals surface area (Å²) in [6, 6.07) is 0.655. The summed E-state index contributed by atoms with van der Waals surface area (Å²) in [5, 5.41) is 4.02. The second-order valence-corrected chi connectivity index (χ2v) is 7.88. The van der Waals surface area contributed by atoms with Gasteiger partial charge in [0.2, 0.25) is 0 Å². The molecule has 1 N–H and O–H groups in total. The lowest BCUT2D eigenvalue weighted by Gasteiger charge is -2.57. The Balaban J connectivity index is 1.76. The van der Waals surface area contributed by atoms with E-state index in [1.807, 2.05) is 7.11 Å². The Bertz CT molecular complexity index is 332. The largest absolute Gasteiger partial charge is 0.385 e. The molecule has 1 heterocycles. The third kappa shape index (κ3) is 3.16. The molecule has 3 nitrogen and oxygen atoms in total. The van der Waals surface area contributed by atoms with E-state index < -0.39 is 0 Å². The number of hydrogen-bond donors (Lipinski definition) is 1. The van der Waals surface area contributed by atoms with Gasteiger partial charge in [0.25, 0.3) is 0 Å². The molecule has 1 atom stereocenters. The van der Waals surface area contributed by atoms with Crippen molar-refractivity contribution in [3.63, 3.8) is 0 Å². The standard InChI is InChI=1S/C18H34N2O/c1-16(8-13-21-2)20-15-17(9-6-7-10-17)19-14-18(20)11-4-3-5-12-18/h16,19H,3-15H2,1-2H3. The zero-order valence-electron chi connectivity index (χ0n) is 14.1. The van der Waals surface area contributed by atoms with Gasteiger partial charge >= 0.3 is 0 Å². The highest BCUT2D eigenvalue weighted by Crippen LogP contribution is 2.42. The fourth-order valence-electron chi connectivity index (χ4n) is 5.13. The van der Waals surface area contributed by atoms with E-state index in [1.165, 1.54) is 77.3 Å². The van der Waals surface area contributed by atoms with Crippen LogP contribution >= 0.6 is 0 Å². The predicted molar refractivity (Wildman–Crippen MR) is 87.7 cm³/mol. The van der Waals surface area contributed by atoms with Crippen LogP contribution in [0.15, 0.2) is 0 Å². The van der Waals surface area contributed by atoms with Gasteiger partial charge in [0.05, 0.1) is 0 Å². The van der Waals surface area contributed by atoms with Crippen LogP contribution < -0.4 is 5.32 Å². The summed E-state index contributed by atoms with van der Waals surface area (Å²) in [6.07, 6.45) is 13.8. The lowest BCUT2D eigenvalue weighted by Crippen LogP contribution is -2.71. The average molecular weight is 294 g/mol. The SMILES string of the molecule is COCCC(C)N1CC2(CCCC2)NCC12CCCCC2. The molecular weight excluding hydrogens is 260 g/mol. The van der Waals surface area contributed by atoms with Crippen LogP contribution in [-0.4, -0.2) is 48.8 Å². The Hall–Kier alpha value is -0.120. The van der Waals surface area contributed by atoms with Crippen molar-refractivity contribution in [1.82, 2.24) is 10.2 Å². The summed E-state index contributed by atoms with van der Waals surface area (Å²) in [5.41, 5.74) is 0.878. The van der Waals surface area contributed by atoms with Crippen LogP contribution in [0.3, 0.4) is 0 Å². The highest BCUT2D eigenvalue weighted by Gasteiger charge is 2.49. The van der Waals surface area contributed by atoms with Gasteiger partial charge in [0, 0.05) is 43.9 Å². The lowest BCUT2D eigenvalue weighted by atomic mass is 9.75. The summed E-state index contributed by atoms with van der Waals surface area (Å²) < 4.78 is 5.35. The average Bonchev–Trinajstić information content (AvgIpc) is 2.97. The number of rotatable bonds is 4. The zero-order valence-corrected chi connectivity index (χ0v) is 14.1. The van der Waals surface area contributed by atoms with Gasteiger partial charge in [0.15, 0.2) is 0 Å². The van der Waals surface area contributed by atoms with Crippen molar-refractivity contribution >= 4 is 0 Å². The Morgan fingerprint density at radius 1 is 1.05 bits per heavy atom. The van der Waals surface area contributed by atoms with Crippen molar-refractivity contribution in [2.45, 2.75) is 88.3 Å². The molecule has 0 amide bonds. The van der Waals surface area contributed by atoms with Crippen LogP contribution in [0, 0.1) is 0 Å². The topological polar surface area (TPSA) is 24.5 Å². The van der Waals surface area contributed by atoms with Crippen LogP contribution in [0.25, 0.3) is 0 Å². The van der Waals surface area contributed by atoms with Crippen LogP contribution in [0.5, 0.6) is 0 Å². The first-order valence-electron chi connectivity index (χ1n) is 9.21. The Morgan fingerprint density at radius 3 is 2.38 bits per heavy atom. The van der Waals surface area contributed by atoms with Gasteiger partial charge in [-0.25, -0.2) is 0 Å². The normalized spacial score (nSPS) is 30.0. The maximum atomic E-state index is 5.35. The van der Waals surface area contributed by atoms with Crippen molar-refractivity contribution in [2.75, 3.05) is 26.8 Å². The number of nitrogens with zero attached hydrogens (tertiary/aromatic N) is 1. The van der Waals surface area contributed by atoms with Crippen molar-refractivity contribution in [3.8, 4) is 0 Å². The highest BCUT2D eigenvalue weighted by atomic mass is 16.5. The molecule has 0 radical (unpaired) electrons. The molecule has 0 aromatic heterocycles. The summed E-state index contributed by atoms with van der Waals surface area (Å²) >= 11 is 0. The molecule has 21 heavy (non-hydrogen) atoms. The van der Waals surface area contributed by atoms with Gasteiger partial charge in [0.1, 0.15) is 0 Å². The Labute approximate surface area is 130 Å². The van der Waals surface area contributed by atoms with Crippen molar-refractivity contribution in [2.24, 2.45) is 0 Å². The minimum Gasteiger partial charge on any atom is -0.385 e. The summed E-state index contributed by atoms with van der Waals surface area (Å²) in [6.45, 7) is 5.83. The first kappa shape index (κ1) is 15.8. The van der Waals surface area contributed by atoms with Gasteiger partial charge in [-0.3, -0.25) is 4.90 Å². The highest BCUT2D eigenvalue weighted by molar-refractivity contribution is 5.08. The van der Waals surface area contributed by atoms with E-state index in [4.69, 9.17) is 4.74 Å². The number of piperazine rings is 1. The molecule has 0 aromatic rings. The summed E-state index contributed by atoms with van der Waals surface area (Å²) in [7, 11) is 1.83. The van der Waals surface area contributed by atoms with Gasteiger partial charge in [-0.15, -0.1) is 0 Å². The third-order valence-electron chi connectivity index (χ3n) is 6.49. The fourth-order valence-corrected chi connectivity index (χ4v) is 5.13. The van der Waals surface area contributed by atoms with E-state index in [0.29, 0.717) is 17.1 Å². The van der Waals surface area contributed by atoms with E-state index in [0.717, 1.165) is 6.61 Å². The molecule has 122 valence electrons. The molecule has 3 fully saturated rings. The van der Waals surface area contributed by atoms with Crippen LogP contribution in [0.1, 0.15) is 71.1 Å². The molecule has 2 aliphatic carbocycles. The lowest BCUT2D eigenvalue weighted by molar-refractivity contribution is -0.0483. The number of methoxy groups -OCH3 is 1. The van der Waals surface area contributed by atoms with Crippen molar-refractivity contribution < 1.29 is 4.74 Å². The minimum atomic E-state index is 0.435. The molecule has 3 aliphatic rings. The van der Waals surface area contributed by atoms with Crippen LogP contribution in [-0.2, 0) is 4.74 Å². The van der Waals surface area contributed by atoms with Gasteiger partial charge in [-0.05, 0) is 39.0 Å². The van der Waals surface area contributed by atoms with E-state index in [9.17, 15) is 0 Å². The molecule has 2 saturated carbocycles. The first-order chi connectivity index (χ1) is 10.2. The molecule has 0 aromatic carbocycles. The Morgan fingerprint density at radius 2 is 1.71 bits per heavy atom. The molecule has 0 bridgehead atoms. The summed E-state index contributed by atoms with van der Waals surface area (Å²) in [4.78, 5) is 2.91. The molecule has 3 heteroatoms. The number of ether oxygens (including phenoxy) is 1. The molecular formula is C18H34N2O. The van der Waals surface area contributed by atoms with Crippen molar-refractivity contribution in [3.05, 3.63) is 0 Å². The monoisotopic (exact) mass is 294 g/mol. The quantitative estimate of drug-likeness (QED) is 0.861. The molecule has 1 unspecified atom stereocenters. The number of nitrogens with one attached hydrogen (secondary N) is 1. The molecule has 1 saturated heterocycles. The second kappa shape index (κ2) is 6.55. The van der Waals surface area contributed by atoms with Crippen molar-refractivity contribution in [1.29, 1.82) is 0 Å². The second-order valence-electron chi connectivity index (χ2n) is 7.88. The maximum absolute atomic E-state index is 5.35. The molecule has 3 rings (SSSR count). The third-order valence-corrected chi connectivity index (χ3v) is 6.49. The van der Waals surface area contributed by atoms with Gasteiger partial charge in [-0.2, -0.15) is 0 Å². The zero-order chi connectivity index (χ0) is 14.8. The maximum Gasteiger partial charge on any atom is 0.0477 e. The number of hydrogen-bond acceptors (Lipinski definition) is 3. The van der Waals surface area contributed by atoms with Gasteiger partial charge in [-0.1, -0.05) is 32.1 Å². The minimum absolute atomic E-state index is 0.435.